The minimum atomic E-state index is -3.58. The number of carbonyl (C=O) groups excluding carboxylic acids is 1. The molecule has 0 amide bonds. The number of aldehydes is 1. The van der Waals surface area contributed by atoms with Crippen molar-refractivity contribution < 1.29 is 13.2 Å². The maximum absolute atomic E-state index is 12.2. The molecule has 1 unspecified atom stereocenters. The van der Waals surface area contributed by atoms with Gasteiger partial charge >= 0.3 is 0 Å². The van der Waals surface area contributed by atoms with Gasteiger partial charge in [0.15, 0.2) is 9.84 Å². The standard InChI is InChI=1S/C12H16O3S/c1-12(2,3)11(9-13)16(14,15)10-7-5-4-6-8-10/h4-9,11H,1-3H3. The molecular formula is C12H16O3S. The fourth-order valence-corrected chi connectivity index (χ4v) is 3.41. The van der Waals surface area contributed by atoms with Crippen LogP contribution in [0.25, 0.3) is 0 Å². The normalized spacial score (nSPS) is 14.4. The van der Waals surface area contributed by atoms with Gasteiger partial charge in [0.1, 0.15) is 11.5 Å². The van der Waals surface area contributed by atoms with Gasteiger partial charge in [0.25, 0.3) is 0 Å². The first kappa shape index (κ1) is 12.9. The highest BCUT2D eigenvalue weighted by Gasteiger charge is 2.36. The van der Waals surface area contributed by atoms with Crippen LogP contribution in [0.4, 0.5) is 0 Å². The molecule has 0 N–H and O–H groups in total. The molecule has 0 bridgehead atoms. The molecule has 0 saturated carbocycles. The van der Waals surface area contributed by atoms with Gasteiger partial charge < -0.3 is 4.79 Å². The van der Waals surface area contributed by atoms with Crippen molar-refractivity contribution in [2.45, 2.75) is 30.9 Å². The van der Waals surface area contributed by atoms with E-state index in [1.54, 1.807) is 39.0 Å². The van der Waals surface area contributed by atoms with Crippen molar-refractivity contribution in [2.75, 3.05) is 0 Å². The molecule has 0 saturated heterocycles. The first-order valence-electron chi connectivity index (χ1n) is 5.04. The molecule has 0 aromatic heterocycles. The van der Waals surface area contributed by atoms with Crippen LogP contribution in [0.1, 0.15) is 20.8 Å². The molecule has 0 aliphatic heterocycles. The van der Waals surface area contributed by atoms with E-state index < -0.39 is 20.5 Å². The topological polar surface area (TPSA) is 51.2 Å². The molecule has 0 aliphatic rings. The van der Waals surface area contributed by atoms with Crippen molar-refractivity contribution >= 4 is 16.1 Å². The lowest BCUT2D eigenvalue weighted by Crippen LogP contribution is -2.35. The molecule has 16 heavy (non-hydrogen) atoms. The lowest BCUT2D eigenvalue weighted by atomic mass is 9.93. The van der Waals surface area contributed by atoms with E-state index in [1.165, 1.54) is 12.1 Å². The lowest BCUT2D eigenvalue weighted by Gasteiger charge is -2.25. The third-order valence-corrected chi connectivity index (χ3v) is 4.80. The second-order valence-electron chi connectivity index (χ2n) is 4.78. The second kappa shape index (κ2) is 4.37. The fraction of sp³-hybridized carbons (Fsp3) is 0.417. The third-order valence-electron chi connectivity index (χ3n) is 2.38. The van der Waals surface area contributed by atoms with Gasteiger partial charge in [0.2, 0.25) is 0 Å². The van der Waals surface area contributed by atoms with Gasteiger partial charge in [-0.1, -0.05) is 39.0 Å². The summed E-state index contributed by atoms with van der Waals surface area (Å²) in [6, 6.07) is 8.07. The van der Waals surface area contributed by atoms with Crippen molar-refractivity contribution in [2.24, 2.45) is 5.41 Å². The Hall–Kier alpha value is -1.16. The molecule has 88 valence electrons. The third kappa shape index (κ3) is 2.50. The van der Waals surface area contributed by atoms with E-state index in [0.717, 1.165) is 0 Å². The molecule has 1 atom stereocenters. The van der Waals surface area contributed by atoms with Crippen LogP contribution >= 0.6 is 0 Å². The predicted molar refractivity (Wildman–Crippen MR) is 62.9 cm³/mol. The first-order valence-corrected chi connectivity index (χ1v) is 6.59. The lowest BCUT2D eigenvalue weighted by molar-refractivity contribution is -0.108. The van der Waals surface area contributed by atoms with Gasteiger partial charge in [-0.2, -0.15) is 0 Å². The van der Waals surface area contributed by atoms with Gasteiger partial charge in [0.05, 0.1) is 4.90 Å². The summed E-state index contributed by atoms with van der Waals surface area (Å²) in [5.74, 6) is 0. The number of rotatable bonds is 3. The van der Waals surface area contributed by atoms with E-state index in [1.807, 2.05) is 0 Å². The summed E-state index contributed by atoms with van der Waals surface area (Å²) in [5, 5.41) is -1.01. The van der Waals surface area contributed by atoms with Crippen molar-refractivity contribution in [3.63, 3.8) is 0 Å². The number of benzene rings is 1. The number of hydrogen-bond acceptors (Lipinski definition) is 3. The van der Waals surface area contributed by atoms with Crippen LogP contribution in [0, 0.1) is 5.41 Å². The Balaban J connectivity index is 3.26. The molecule has 1 aromatic carbocycles. The quantitative estimate of drug-likeness (QED) is 0.760. The van der Waals surface area contributed by atoms with E-state index >= 15 is 0 Å². The fourth-order valence-electron chi connectivity index (χ4n) is 1.50. The maximum Gasteiger partial charge on any atom is 0.188 e. The van der Waals surface area contributed by atoms with Crippen molar-refractivity contribution in [3.8, 4) is 0 Å². The van der Waals surface area contributed by atoms with E-state index in [0.29, 0.717) is 6.29 Å². The summed E-state index contributed by atoms with van der Waals surface area (Å²) >= 11 is 0. The SMILES string of the molecule is CC(C)(C)C(C=O)S(=O)(=O)c1ccccc1. The number of carbonyl (C=O) groups is 1. The van der Waals surface area contributed by atoms with Crippen LogP contribution in [0.3, 0.4) is 0 Å². The molecule has 0 radical (unpaired) electrons. The smallest absolute Gasteiger partial charge is 0.188 e. The zero-order valence-corrected chi connectivity index (χ0v) is 10.5. The Bertz CT molecular complexity index is 455. The highest BCUT2D eigenvalue weighted by Crippen LogP contribution is 2.28. The van der Waals surface area contributed by atoms with Crippen molar-refractivity contribution in [1.29, 1.82) is 0 Å². The molecule has 0 heterocycles. The Morgan fingerprint density at radius 1 is 1.12 bits per heavy atom. The molecule has 0 fully saturated rings. The molecule has 4 heteroatoms. The van der Waals surface area contributed by atoms with Crippen molar-refractivity contribution in [3.05, 3.63) is 30.3 Å². The number of hydrogen-bond donors (Lipinski definition) is 0. The van der Waals surface area contributed by atoms with E-state index in [-0.39, 0.29) is 4.90 Å². The van der Waals surface area contributed by atoms with E-state index in [9.17, 15) is 13.2 Å². The predicted octanol–water partition coefficient (Wildman–Crippen LogP) is 2.07. The van der Waals surface area contributed by atoms with Crippen LogP contribution in [-0.4, -0.2) is 20.0 Å². The number of sulfone groups is 1. The molecule has 1 aromatic rings. The molecule has 0 aliphatic carbocycles. The summed E-state index contributed by atoms with van der Waals surface area (Å²) < 4.78 is 24.4. The Morgan fingerprint density at radius 3 is 2.00 bits per heavy atom. The van der Waals surface area contributed by atoms with Crippen LogP contribution in [0.2, 0.25) is 0 Å². The largest absolute Gasteiger partial charge is 0.302 e. The van der Waals surface area contributed by atoms with Crippen molar-refractivity contribution in [1.82, 2.24) is 0 Å². The highest BCUT2D eigenvalue weighted by atomic mass is 32.2. The summed E-state index contributed by atoms with van der Waals surface area (Å²) in [6.07, 6.45) is 0.516. The summed E-state index contributed by atoms with van der Waals surface area (Å²) in [5.41, 5.74) is -0.601. The first-order chi connectivity index (χ1) is 7.30. The monoisotopic (exact) mass is 240 g/mol. The van der Waals surface area contributed by atoms with Crippen LogP contribution in [-0.2, 0) is 14.6 Å². The summed E-state index contributed by atoms with van der Waals surface area (Å²) in [7, 11) is -3.58. The van der Waals surface area contributed by atoms with Gasteiger partial charge in [0, 0.05) is 0 Å². The van der Waals surface area contributed by atoms with Gasteiger partial charge in [-0.3, -0.25) is 0 Å². The van der Waals surface area contributed by atoms with Crippen LogP contribution < -0.4 is 0 Å². The van der Waals surface area contributed by atoms with E-state index in [2.05, 4.69) is 0 Å². The van der Waals surface area contributed by atoms with E-state index in [4.69, 9.17) is 0 Å². The van der Waals surface area contributed by atoms with Gasteiger partial charge in [-0.25, -0.2) is 8.42 Å². The van der Waals surface area contributed by atoms with Gasteiger partial charge in [-0.15, -0.1) is 0 Å². The summed E-state index contributed by atoms with van der Waals surface area (Å²) in [4.78, 5) is 11.2. The van der Waals surface area contributed by atoms with Crippen LogP contribution in [0.15, 0.2) is 35.2 Å². The van der Waals surface area contributed by atoms with Gasteiger partial charge in [-0.05, 0) is 17.5 Å². The summed E-state index contributed by atoms with van der Waals surface area (Å²) in [6.45, 7) is 5.23. The average Bonchev–Trinajstić information content (AvgIpc) is 2.17. The minimum absolute atomic E-state index is 0.196. The Labute approximate surface area is 96.4 Å². The Kier molecular flexibility index (Phi) is 3.53. The highest BCUT2D eigenvalue weighted by molar-refractivity contribution is 7.92. The molecule has 0 spiro atoms. The van der Waals surface area contributed by atoms with Crippen LogP contribution in [0.5, 0.6) is 0 Å². The maximum atomic E-state index is 12.2. The zero-order chi connectivity index (χ0) is 12.4. The second-order valence-corrected chi connectivity index (χ2v) is 6.85. The molecule has 1 rings (SSSR count). The Morgan fingerprint density at radius 2 is 1.62 bits per heavy atom. The average molecular weight is 240 g/mol. The minimum Gasteiger partial charge on any atom is -0.302 e. The zero-order valence-electron chi connectivity index (χ0n) is 9.67. The molecular weight excluding hydrogens is 224 g/mol. The molecule has 3 nitrogen and oxygen atoms in total.